The molecule has 0 saturated heterocycles. The van der Waals surface area contributed by atoms with Gasteiger partial charge in [0.1, 0.15) is 5.78 Å². The Hall–Kier alpha value is -1.89. The van der Waals surface area contributed by atoms with Gasteiger partial charge < -0.3 is 0 Å². The third-order valence-corrected chi connectivity index (χ3v) is 5.86. The van der Waals surface area contributed by atoms with E-state index in [9.17, 15) is 4.79 Å². The summed E-state index contributed by atoms with van der Waals surface area (Å²) in [5.74, 6) is 1.36. The molecular formula is C23H26O. The second-order valence-corrected chi connectivity index (χ2v) is 7.43. The van der Waals surface area contributed by atoms with E-state index in [2.05, 4.69) is 48.6 Å². The van der Waals surface area contributed by atoms with E-state index in [1.165, 1.54) is 28.7 Å². The second kappa shape index (κ2) is 6.93. The van der Waals surface area contributed by atoms with Crippen molar-refractivity contribution in [3.63, 3.8) is 0 Å². The molecular weight excluding hydrogens is 292 g/mol. The van der Waals surface area contributed by atoms with Crippen LogP contribution in [0.2, 0.25) is 0 Å². The Morgan fingerprint density at radius 1 is 1.08 bits per heavy atom. The van der Waals surface area contributed by atoms with Crippen molar-refractivity contribution < 1.29 is 4.79 Å². The van der Waals surface area contributed by atoms with Crippen LogP contribution in [-0.2, 0) is 4.79 Å². The zero-order chi connectivity index (χ0) is 16.4. The molecule has 0 aromatic carbocycles. The van der Waals surface area contributed by atoms with E-state index in [1.807, 2.05) is 0 Å². The first-order valence-corrected chi connectivity index (χ1v) is 9.46. The van der Waals surface area contributed by atoms with Crippen molar-refractivity contribution in [3.8, 4) is 0 Å². The first-order chi connectivity index (χ1) is 11.8. The van der Waals surface area contributed by atoms with Crippen LogP contribution in [0.1, 0.15) is 51.4 Å². The quantitative estimate of drug-likeness (QED) is 0.642. The summed E-state index contributed by atoms with van der Waals surface area (Å²) in [5, 5.41) is 0. The van der Waals surface area contributed by atoms with Gasteiger partial charge in [-0.15, -0.1) is 0 Å². The first-order valence-electron chi connectivity index (χ1n) is 9.46. The van der Waals surface area contributed by atoms with Crippen molar-refractivity contribution in [1.82, 2.24) is 0 Å². The highest BCUT2D eigenvalue weighted by atomic mass is 16.1. The first kappa shape index (κ1) is 15.6. The molecule has 0 fully saturated rings. The van der Waals surface area contributed by atoms with Gasteiger partial charge in [0.2, 0.25) is 0 Å². The largest absolute Gasteiger partial charge is 0.299 e. The van der Waals surface area contributed by atoms with Gasteiger partial charge in [0.25, 0.3) is 0 Å². The molecule has 0 aromatic heterocycles. The molecule has 0 heterocycles. The summed E-state index contributed by atoms with van der Waals surface area (Å²) < 4.78 is 0. The summed E-state index contributed by atoms with van der Waals surface area (Å²) in [4.78, 5) is 12.8. The lowest BCUT2D eigenvalue weighted by Gasteiger charge is -2.30. The maximum absolute atomic E-state index is 12.8. The van der Waals surface area contributed by atoms with Crippen LogP contribution in [0.4, 0.5) is 0 Å². The minimum Gasteiger partial charge on any atom is -0.299 e. The summed E-state index contributed by atoms with van der Waals surface area (Å²) >= 11 is 0. The predicted molar refractivity (Wildman–Crippen MR) is 99.5 cm³/mol. The Morgan fingerprint density at radius 3 is 2.96 bits per heavy atom. The van der Waals surface area contributed by atoms with Crippen LogP contribution in [0.25, 0.3) is 0 Å². The number of fused-ring (bicyclic) bond motifs is 1. The lowest BCUT2D eigenvalue weighted by atomic mass is 9.74. The topological polar surface area (TPSA) is 17.1 Å². The summed E-state index contributed by atoms with van der Waals surface area (Å²) in [6, 6.07) is 0. The van der Waals surface area contributed by atoms with Gasteiger partial charge >= 0.3 is 0 Å². The van der Waals surface area contributed by atoms with E-state index >= 15 is 0 Å². The normalized spacial score (nSPS) is 28.2. The van der Waals surface area contributed by atoms with E-state index in [0.29, 0.717) is 30.5 Å². The maximum Gasteiger partial charge on any atom is 0.137 e. The Kier molecular flexibility index (Phi) is 4.51. The maximum atomic E-state index is 12.8. The van der Waals surface area contributed by atoms with Gasteiger partial charge in [-0.25, -0.2) is 0 Å². The van der Waals surface area contributed by atoms with Crippen LogP contribution < -0.4 is 0 Å². The fourth-order valence-corrected chi connectivity index (χ4v) is 4.65. The summed E-state index contributed by atoms with van der Waals surface area (Å²) in [6.07, 6.45) is 26.2. The van der Waals surface area contributed by atoms with E-state index in [-0.39, 0.29) is 0 Å². The molecule has 0 radical (unpaired) electrons. The van der Waals surface area contributed by atoms with Crippen LogP contribution in [0.3, 0.4) is 0 Å². The van der Waals surface area contributed by atoms with E-state index < -0.39 is 0 Å². The van der Waals surface area contributed by atoms with Crippen LogP contribution in [0, 0.1) is 11.8 Å². The molecule has 1 heteroatoms. The Morgan fingerprint density at radius 2 is 2.00 bits per heavy atom. The average molecular weight is 318 g/mol. The number of carbonyl (C=O) groups is 1. The number of hydrogen-bond donors (Lipinski definition) is 0. The average Bonchev–Trinajstić information content (AvgIpc) is 2.62. The van der Waals surface area contributed by atoms with Crippen molar-refractivity contribution in [3.05, 3.63) is 70.9 Å². The highest BCUT2D eigenvalue weighted by Gasteiger charge is 2.28. The summed E-state index contributed by atoms with van der Waals surface area (Å²) in [6.45, 7) is 0. The molecule has 0 amide bonds. The van der Waals surface area contributed by atoms with Crippen LogP contribution in [0.5, 0.6) is 0 Å². The minimum absolute atomic E-state index is 0.395. The zero-order valence-corrected chi connectivity index (χ0v) is 14.3. The van der Waals surface area contributed by atoms with E-state index in [0.717, 1.165) is 32.1 Å². The number of ketones is 1. The molecule has 0 aromatic rings. The molecule has 124 valence electrons. The smallest absolute Gasteiger partial charge is 0.137 e. The molecule has 4 aliphatic rings. The summed E-state index contributed by atoms with van der Waals surface area (Å²) in [5.41, 5.74) is 5.69. The highest BCUT2D eigenvalue weighted by Crippen LogP contribution is 2.38. The number of rotatable bonds is 4. The Labute approximate surface area is 145 Å². The molecule has 2 atom stereocenters. The second-order valence-electron chi connectivity index (χ2n) is 7.43. The molecule has 1 nitrogen and oxygen atoms in total. The standard InChI is InChI=1S/C23H26O/c24-21(15-19-11-5-9-17-7-1-3-13-22(17)19)16-20-12-6-10-18-8-2-4-14-23(18)20/h1-2,5,7-9,11-12,19,22H,3-4,6,10,13-16H2. The van der Waals surface area contributed by atoms with Crippen LogP contribution >= 0.6 is 0 Å². The molecule has 0 spiro atoms. The van der Waals surface area contributed by atoms with Gasteiger partial charge in [0, 0.05) is 12.8 Å². The van der Waals surface area contributed by atoms with Crippen molar-refractivity contribution >= 4 is 5.78 Å². The Balaban J connectivity index is 1.42. The van der Waals surface area contributed by atoms with Gasteiger partial charge in [-0.3, -0.25) is 4.79 Å². The SMILES string of the molecule is O=C(CC1=CCCC2=C1CCC=C2)CC1C=CC=C2C=CCCC21. The van der Waals surface area contributed by atoms with Crippen LogP contribution in [0.15, 0.2) is 70.9 Å². The van der Waals surface area contributed by atoms with E-state index in [4.69, 9.17) is 0 Å². The van der Waals surface area contributed by atoms with Crippen molar-refractivity contribution in [2.75, 3.05) is 0 Å². The molecule has 0 N–H and O–H groups in total. The molecule has 24 heavy (non-hydrogen) atoms. The molecule has 2 unspecified atom stereocenters. The van der Waals surface area contributed by atoms with Crippen molar-refractivity contribution in [2.45, 2.75) is 51.4 Å². The monoisotopic (exact) mass is 318 g/mol. The van der Waals surface area contributed by atoms with Gasteiger partial charge in [0.15, 0.2) is 0 Å². The number of carbonyl (C=O) groups excluding carboxylic acids is 1. The van der Waals surface area contributed by atoms with E-state index in [1.54, 1.807) is 0 Å². The third-order valence-electron chi connectivity index (χ3n) is 5.86. The molecule has 0 saturated carbocycles. The number of hydrogen-bond acceptors (Lipinski definition) is 1. The van der Waals surface area contributed by atoms with Crippen molar-refractivity contribution in [2.24, 2.45) is 11.8 Å². The summed E-state index contributed by atoms with van der Waals surface area (Å²) in [7, 11) is 0. The van der Waals surface area contributed by atoms with Gasteiger partial charge in [-0.1, -0.05) is 48.6 Å². The zero-order valence-electron chi connectivity index (χ0n) is 14.3. The lowest BCUT2D eigenvalue weighted by molar-refractivity contribution is -0.119. The fraction of sp³-hybridized carbons (Fsp3) is 0.435. The van der Waals surface area contributed by atoms with Gasteiger partial charge in [-0.05, 0) is 72.7 Å². The molecule has 0 bridgehead atoms. The van der Waals surface area contributed by atoms with Crippen molar-refractivity contribution in [1.29, 1.82) is 0 Å². The molecule has 4 aliphatic carbocycles. The van der Waals surface area contributed by atoms with Gasteiger partial charge in [0.05, 0.1) is 0 Å². The molecule has 0 aliphatic heterocycles. The number of Topliss-reactive ketones (excluding diaryl/α,β-unsaturated/α-hetero) is 1. The fourth-order valence-electron chi connectivity index (χ4n) is 4.65. The van der Waals surface area contributed by atoms with Crippen LogP contribution in [-0.4, -0.2) is 5.78 Å². The Bertz CT molecular complexity index is 708. The third kappa shape index (κ3) is 3.17. The van der Waals surface area contributed by atoms with Gasteiger partial charge in [-0.2, -0.15) is 0 Å². The number of allylic oxidation sites excluding steroid dienone is 12. The highest BCUT2D eigenvalue weighted by molar-refractivity contribution is 5.82. The predicted octanol–water partition coefficient (Wildman–Crippen LogP) is 5.78. The molecule has 4 rings (SSSR count). The lowest BCUT2D eigenvalue weighted by Crippen LogP contribution is -2.22. The minimum atomic E-state index is 0.395.